The average Bonchev–Trinajstić information content (AvgIpc) is 3.19. The first-order valence-corrected chi connectivity index (χ1v) is 11.0. The molecule has 0 spiro atoms. The summed E-state index contributed by atoms with van der Waals surface area (Å²) < 4.78 is 37.4. The summed E-state index contributed by atoms with van der Waals surface area (Å²) in [6.07, 6.45) is 0. The van der Waals surface area contributed by atoms with Gasteiger partial charge in [0.2, 0.25) is 0 Å². The van der Waals surface area contributed by atoms with Crippen molar-refractivity contribution in [2.75, 3.05) is 19.5 Å². The van der Waals surface area contributed by atoms with Gasteiger partial charge in [-0.05, 0) is 24.6 Å². The van der Waals surface area contributed by atoms with Crippen molar-refractivity contribution in [1.29, 1.82) is 0 Å². The van der Waals surface area contributed by atoms with Crippen molar-refractivity contribution >= 4 is 34.8 Å². The van der Waals surface area contributed by atoms with Crippen LogP contribution in [0.3, 0.4) is 0 Å². The molecule has 0 radical (unpaired) electrons. The number of urea groups is 1. The highest BCUT2D eigenvalue weighted by Gasteiger charge is 2.33. The smallest absolute Gasteiger partial charge is 0.338 e. The van der Waals surface area contributed by atoms with E-state index >= 15 is 0 Å². The van der Waals surface area contributed by atoms with Crippen LogP contribution < -0.4 is 15.4 Å². The van der Waals surface area contributed by atoms with Crippen LogP contribution in [-0.2, 0) is 9.53 Å². The monoisotopic (exact) mass is 474 g/mol. The lowest BCUT2D eigenvalue weighted by Gasteiger charge is -2.29. The number of carbonyl (C=O) groups excluding carboxylic acids is 2. The Morgan fingerprint density at radius 2 is 1.91 bits per heavy atom. The molecule has 8 nitrogen and oxygen atoms in total. The lowest BCUT2D eigenvalue weighted by atomic mass is 9.95. The fourth-order valence-electron chi connectivity index (χ4n) is 3.42. The van der Waals surface area contributed by atoms with Gasteiger partial charge >= 0.3 is 12.0 Å². The molecule has 1 aliphatic rings. The number of thioether (sulfide) groups is 1. The van der Waals surface area contributed by atoms with Gasteiger partial charge in [-0.1, -0.05) is 23.9 Å². The van der Waals surface area contributed by atoms with Gasteiger partial charge in [0, 0.05) is 23.6 Å². The summed E-state index contributed by atoms with van der Waals surface area (Å²) in [5, 5.41) is 5.80. The quantitative estimate of drug-likeness (QED) is 0.355. The number of imidazole rings is 1. The number of methoxy groups -OCH3 is 1. The number of ether oxygens (including phenoxy) is 2. The molecule has 0 aliphatic carbocycles. The number of esters is 1. The number of aromatic amines is 1. The molecule has 0 bridgehead atoms. The maximum atomic E-state index is 13.5. The third-order valence-electron chi connectivity index (χ3n) is 4.95. The predicted octanol–water partition coefficient (Wildman–Crippen LogP) is 3.81. The van der Waals surface area contributed by atoms with Crippen molar-refractivity contribution in [2.45, 2.75) is 18.1 Å². The molecular formula is C22H20F2N4O4S. The SMILES string of the molecule is CCOC(=O)C1=C(CSc2nc3cc(F)c(F)cc3[nH]2)NC(=O)NC1c1ccc(OC)cc1. The van der Waals surface area contributed by atoms with Gasteiger partial charge < -0.3 is 25.1 Å². The number of halogens is 2. The summed E-state index contributed by atoms with van der Waals surface area (Å²) in [5.41, 5.74) is 1.87. The molecular weight excluding hydrogens is 454 g/mol. The Morgan fingerprint density at radius 3 is 2.61 bits per heavy atom. The van der Waals surface area contributed by atoms with Crippen LogP contribution in [0.5, 0.6) is 5.75 Å². The Hall–Kier alpha value is -3.60. The molecule has 1 unspecified atom stereocenters. The minimum absolute atomic E-state index is 0.152. The second kappa shape index (κ2) is 9.49. The molecule has 2 heterocycles. The van der Waals surface area contributed by atoms with E-state index in [9.17, 15) is 18.4 Å². The summed E-state index contributed by atoms with van der Waals surface area (Å²) in [4.78, 5) is 32.4. The van der Waals surface area contributed by atoms with Gasteiger partial charge in [-0.2, -0.15) is 0 Å². The van der Waals surface area contributed by atoms with Crippen LogP contribution in [0.2, 0.25) is 0 Å². The van der Waals surface area contributed by atoms with Crippen LogP contribution in [0, 0.1) is 11.6 Å². The first-order valence-electron chi connectivity index (χ1n) is 9.98. The molecule has 1 aromatic heterocycles. The number of amides is 2. The number of hydrogen-bond acceptors (Lipinski definition) is 6. The number of aromatic nitrogens is 2. The van der Waals surface area contributed by atoms with Gasteiger partial charge in [0.05, 0.1) is 36.4 Å². The maximum absolute atomic E-state index is 13.5. The highest BCUT2D eigenvalue weighted by atomic mass is 32.2. The van der Waals surface area contributed by atoms with Crippen LogP contribution >= 0.6 is 11.8 Å². The number of rotatable bonds is 7. The van der Waals surface area contributed by atoms with Gasteiger partial charge in [-0.3, -0.25) is 0 Å². The van der Waals surface area contributed by atoms with Crippen LogP contribution in [0.4, 0.5) is 13.6 Å². The van der Waals surface area contributed by atoms with Crippen LogP contribution in [0.1, 0.15) is 18.5 Å². The lowest BCUT2D eigenvalue weighted by molar-refractivity contribution is -0.139. The van der Waals surface area contributed by atoms with Crippen molar-refractivity contribution in [3.05, 3.63) is 64.9 Å². The van der Waals surface area contributed by atoms with Crippen molar-refractivity contribution in [1.82, 2.24) is 20.6 Å². The van der Waals surface area contributed by atoms with E-state index < -0.39 is 29.7 Å². The summed E-state index contributed by atoms with van der Waals surface area (Å²) >= 11 is 1.17. The fourth-order valence-corrected chi connectivity index (χ4v) is 4.27. The summed E-state index contributed by atoms with van der Waals surface area (Å²) in [6.45, 7) is 1.85. The van der Waals surface area contributed by atoms with Crippen molar-refractivity contribution in [2.24, 2.45) is 0 Å². The van der Waals surface area contributed by atoms with E-state index in [0.717, 1.165) is 12.1 Å². The zero-order valence-corrected chi connectivity index (χ0v) is 18.5. The highest BCUT2D eigenvalue weighted by Crippen LogP contribution is 2.31. The van der Waals surface area contributed by atoms with Gasteiger partial charge in [0.1, 0.15) is 5.75 Å². The molecule has 0 saturated heterocycles. The Balaban J connectivity index is 1.66. The van der Waals surface area contributed by atoms with E-state index in [0.29, 0.717) is 27.7 Å². The zero-order chi connectivity index (χ0) is 23.5. The molecule has 0 fully saturated rings. The zero-order valence-electron chi connectivity index (χ0n) is 17.7. The number of carbonyl (C=O) groups is 2. The van der Waals surface area contributed by atoms with Gasteiger partial charge in [0.15, 0.2) is 16.8 Å². The van der Waals surface area contributed by atoms with E-state index in [1.165, 1.54) is 11.8 Å². The molecule has 0 saturated carbocycles. The lowest BCUT2D eigenvalue weighted by Crippen LogP contribution is -2.46. The molecule has 33 heavy (non-hydrogen) atoms. The molecule has 2 aromatic carbocycles. The van der Waals surface area contributed by atoms with E-state index in [4.69, 9.17) is 9.47 Å². The van der Waals surface area contributed by atoms with Gasteiger partial charge in [-0.25, -0.2) is 23.4 Å². The molecule has 1 aliphatic heterocycles. The Labute approximate surface area is 191 Å². The molecule has 3 N–H and O–H groups in total. The maximum Gasteiger partial charge on any atom is 0.338 e. The number of benzene rings is 2. The molecule has 2 amide bonds. The summed E-state index contributed by atoms with van der Waals surface area (Å²) in [7, 11) is 1.54. The van der Waals surface area contributed by atoms with Gasteiger partial charge in [0.25, 0.3) is 0 Å². The van der Waals surface area contributed by atoms with Crippen LogP contribution in [0.15, 0.2) is 52.8 Å². The Kier molecular flexibility index (Phi) is 6.50. The normalized spacial score (nSPS) is 15.9. The number of nitrogens with one attached hydrogen (secondary N) is 3. The standard InChI is InChI=1S/C22H20F2N4O4S/c1-3-32-20(29)18-17(10-33-22-26-15-8-13(23)14(24)9-16(15)27-22)25-21(30)28-19(18)11-4-6-12(31-2)7-5-11/h4-9,19H,3,10H2,1-2H3,(H,26,27)(H2,25,28,30). The topological polar surface area (TPSA) is 105 Å². The third kappa shape index (κ3) is 4.77. The minimum Gasteiger partial charge on any atom is -0.497 e. The molecule has 3 aromatic rings. The van der Waals surface area contributed by atoms with Gasteiger partial charge in [-0.15, -0.1) is 0 Å². The third-order valence-corrected chi connectivity index (χ3v) is 5.85. The molecule has 4 rings (SSSR count). The predicted molar refractivity (Wildman–Crippen MR) is 118 cm³/mol. The molecule has 11 heteroatoms. The molecule has 1 atom stereocenters. The minimum atomic E-state index is -0.995. The van der Waals surface area contributed by atoms with Crippen molar-refractivity contribution < 1.29 is 27.8 Å². The average molecular weight is 474 g/mol. The summed E-state index contributed by atoms with van der Waals surface area (Å²) in [5.74, 6) is -1.77. The van der Waals surface area contributed by atoms with E-state index in [-0.39, 0.29) is 23.4 Å². The summed E-state index contributed by atoms with van der Waals surface area (Å²) in [6, 6.07) is 7.77. The highest BCUT2D eigenvalue weighted by molar-refractivity contribution is 7.99. The van der Waals surface area contributed by atoms with E-state index in [2.05, 4.69) is 20.6 Å². The first-order chi connectivity index (χ1) is 15.9. The van der Waals surface area contributed by atoms with Crippen molar-refractivity contribution in [3.8, 4) is 5.75 Å². The van der Waals surface area contributed by atoms with E-state index in [1.54, 1.807) is 38.3 Å². The number of H-pyrrole nitrogens is 1. The van der Waals surface area contributed by atoms with Crippen molar-refractivity contribution in [3.63, 3.8) is 0 Å². The van der Waals surface area contributed by atoms with E-state index in [1.807, 2.05) is 0 Å². The number of hydrogen-bond donors (Lipinski definition) is 3. The second-order valence-electron chi connectivity index (χ2n) is 7.03. The largest absolute Gasteiger partial charge is 0.497 e. The number of fused-ring (bicyclic) bond motifs is 1. The van der Waals surface area contributed by atoms with Crippen LogP contribution in [0.25, 0.3) is 11.0 Å². The number of nitrogens with zero attached hydrogens (tertiary/aromatic N) is 1. The Morgan fingerprint density at radius 1 is 1.18 bits per heavy atom. The second-order valence-corrected chi connectivity index (χ2v) is 8.00. The molecule has 172 valence electrons. The Bertz CT molecular complexity index is 1200. The van der Waals surface area contributed by atoms with Crippen LogP contribution in [-0.4, -0.2) is 41.4 Å². The fraction of sp³-hybridized carbons (Fsp3) is 0.227. The first kappa shape index (κ1) is 22.6.